The zero-order chi connectivity index (χ0) is 13.1. The summed E-state index contributed by atoms with van der Waals surface area (Å²) < 4.78 is 6.58. The van der Waals surface area contributed by atoms with Crippen molar-refractivity contribution >= 4 is 22.0 Å². The fourth-order valence-electron chi connectivity index (χ4n) is 1.95. The number of nitrogens with zero attached hydrogens (tertiary/aromatic N) is 2. The lowest BCUT2D eigenvalue weighted by molar-refractivity contribution is 0.140. The fraction of sp³-hybridized carbons (Fsp3) is 0.333. The highest BCUT2D eigenvalue weighted by molar-refractivity contribution is 9.10. The van der Waals surface area contributed by atoms with Gasteiger partial charge in [-0.15, -0.1) is 0 Å². The Morgan fingerprint density at radius 1 is 1.61 bits per heavy atom. The topological polar surface area (TPSA) is 73.6 Å². The van der Waals surface area contributed by atoms with Crippen molar-refractivity contribution in [3.05, 3.63) is 28.7 Å². The maximum absolute atomic E-state index is 10.9. The molecule has 1 aromatic carbocycles. The molecule has 0 aliphatic carbocycles. The molecule has 0 radical (unpaired) electrons. The van der Waals surface area contributed by atoms with E-state index in [1.165, 1.54) is 0 Å². The fourth-order valence-corrected chi connectivity index (χ4v) is 2.33. The highest BCUT2D eigenvalue weighted by Gasteiger charge is 2.36. The molecule has 94 valence electrons. The smallest absolute Gasteiger partial charge is 0.408 e. The molecule has 2 atom stereocenters. The lowest BCUT2D eigenvalue weighted by Crippen LogP contribution is -2.34. The summed E-state index contributed by atoms with van der Waals surface area (Å²) in [6.45, 7) is 0.222. The summed E-state index contributed by atoms with van der Waals surface area (Å²) in [4.78, 5) is 12.0. The van der Waals surface area contributed by atoms with E-state index in [1.54, 1.807) is 6.07 Å². The number of benzene rings is 1. The number of hydrogen-bond acceptors (Lipinski definition) is 3. The molecule has 18 heavy (non-hydrogen) atoms. The summed E-state index contributed by atoms with van der Waals surface area (Å²) in [5.41, 5.74) is 0. The second kappa shape index (κ2) is 5.27. The first-order chi connectivity index (χ1) is 8.60. The first kappa shape index (κ1) is 12.7. The molecule has 0 bridgehead atoms. The molecule has 1 N–H and O–H groups in total. The number of rotatable bonds is 2. The third-order valence-electron chi connectivity index (χ3n) is 2.76. The number of ether oxygens (including phenoxy) is 1. The van der Waals surface area contributed by atoms with Crippen LogP contribution in [0, 0.1) is 11.3 Å². The van der Waals surface area contributed by atoms with Crippen molar-refractivity contribution < 1.29 is 14.6 Å². The van der Waals surface area contributed by atoms with Crippen LogP contribution in [0.4, 0.5) is 4.79 Å². The van der Waals surface area contributed by atoms with Gasteiger partial charge in [0.1, 0.15) is 17.9 Å². The summed E-state index contributed by atoms with van der Waals surface area (Å²) in [6.07, 6.45) is -0.961. The Balaban J connectivity index is 2.04. The average molecular weight is 311 g/mol. The molecule has 0 spiro atoms. The van der Waals surface area contributed by atoms with Gasteiger partial charge in [-0.25, -0.2) is 4.79 Å². The zero-order valence-corrected chi connectivity index (χ0v) is 11.0. The number of nitriles is 1. The minimum atomic E-state index is -1.08. The average Bonchev–Trinajstić information content (AvgIpc) is 2.72. The van der Waals surface area contributed by atoms with Crippen LogP contribution < -0.4 is 4.74 Å². The molecule has 1 aromatic rings. The van der Waals surface area contributed by atoms with Gasteiger partial charge in [-0.3, -0.25) is 4.90 Å². The van der Waals surface area contributed by atoms with Crippen molar-refractivity contribution in [2.75, 3.05) is 6.54 Å². The molecule has 0 aromatic heterocycles. The first-order valence-electron chi connectivity index (χ1n) is 5.41. The Hall–Kier alpha value is -1.74. The van der Waals surface area contributed by atoms with Gasteiger partial charge < -0.3 is 9.84 Å². The molecule has 1 saturated heterocycles. The molecular formula is C12H11BrN2O3. The quantitative estimate of drug-likeness (QED) is 0.910. The number of halogens is 1. The summed E-state index contributed by atoms with van der Waals surface area (Å²) in [5, 5.41) is 17.8. The third kappa shape index (κ3) is 2.74. The maximum atomic E-state index is 10.9. The predicted octanol–water partition coefficient (Wildman–Crippen LogP) is 2.47. The number of hydrogen-bond donors (Lipinski definition) is 1. The van der Waals surface area contributed by atoms with Crippen LogP contribution in [0.3, 0.4) is 0 Å². The Morgan fingerprint density at radius 3 is 2.94 bits per heavy atom. The van der Waals surface area contributed by atoms with Gasteiger partial charge in [0, 0.05) is 10.9 Å². The highest BCUT2D eigenvalue weighted by Crippen LogP contribution is 2.24. The van der Waals surface area contributed by atoms with Gasteiger partial charge in [0.2, 0.25) is 0 Å². The van der Waals surface area contributed by atoms with Crippen molar-refractivity contribution in [1.82, 2.24) is 4.90 Å². The van der Waals surface area contributed by atoms with E-state index in [2.05, 4.69) is 15.9 Å². The van der Waals surface area contributed by atoms with Crippen LogP contribution in [0.25, 0.3) is 0 Å². The number of amides is 1. The van der Waals surface area contributed by atoms with E-state index in [-0.39, 0.29) is 12.6 Å². The second-order valence-corrected chi connectivity index (χ2v) is 4.93. The minimum absolute atomic E-state index is 0.222. The van der Waals surface area contributed by atoms with E-state index in [9.17, 15) is 4.79 Å². The molecule has 0 unspecified atom stereocenters. The molecule has 5 nitrogen and oxygen atoms in total. The molecule has 6 heteroatoms. The van der Waals surface area contributed by atoms with Crippen LogP contribution in [0.2, 0.25) is 0 Å². The van der Waals surface area contributed by atoms with Crippen LogP contribution in [0.5, 0.6) is 5.75 Å². The molecule has 2 rings (SSSR count). The monoisotopic (exact) mass is 310 g/mol. The van der Waals surface area contributed by atoms with Crippen LogP contribution in [-0.2, 0) is 0 Å². The van der Waals surface area contributed by atoms with Crippen LogP contribution in [0.15, 0.2) is 28.7 Å². The van der Waals surface area contributed by atoms with Gasteiger partial charge >= 0.3 is 6.09 Å². The van der Waals surface area contributed by atoms with Crippen molar-refractivity contribution in [3.63, 3.8) is 0 Å². The number of carbonyl (C=O) groups is 1. The van der Waals surface area contributed by atoms with E-state index >= 15 is 0 Å². The molecule has 1 heterocycles. The van der Waals surface area contributed by atoms with E-state index < -0.39 is 12.1 Å². The molecular weight excluding hydrogens is 300 g/mol. The van der Waals surface area contributed by atoms with Crippen molar-refractivity contribution in [1.29, 1.82) is 5.26 Å². The lowest BCUT2D eigenvalue weighted by atomic mass is 10.2. The van der Waals surface area contributed by atoms with E-state index in [1.807, 2.05) is 24.3 Å². The predicted molar refractivity (Wildman–Crippen MR) is 67.3 cm³/mol. The molecule has 1 amide bonds. The van der Waals surface area contributed by atoms with Gasteiger partial charge in [-0.2, -0.15) is 5.26 Å². The first-order valence-corrected chi connectivity index (χ1v) is 6.21. The molecule has 1 aliphatic rings. The van der Waals surface area contributed by atoms with E-state index in [4.69, 9.17) is 15.1 Å². The largest absolute Gasteiger partial charge is 0.488 e. The summed E-state index contributed by atoms with van der Waals surface area (Å²) in [6, 6.07) is 8.68. The Morgan fingerprint density at radius 2 is 2.39 bits per heavy atom. The second-order valence-electron chi connectivity index (χ2n) is 4.01. The Labute approximate surface area is 113 Å². The minimum Gasteiger partial charge on any atom is -0.488 e. The summed E-state index contributed by atoms with van der Waals surface area (Å²) in [5.74, 6) is 0.665. The Bertz CT molecular complexity index is 500. The third-order valence-corrected chi connectivity index (χ3v) is 3.25. The summed E-state index contributed by atoms with van der Waals surface area (Å²) >= 11 is 3.34. The van der Waals surface area contributed by atoms with Crippen LogP contribution in [0.1, 0.15) is 6.42 Å². The molecule has 1 fully saturated rings. The number of likely N-dealkylation sites (tertiary alicyclic amines) is 1. The van der Waals surface area contributed by atoms with Crippen molar-refractivity contribution in [2.45, 2.75) is 18.6 Å². The maximum Gasteiger partial charge on any atom is 0.408 e. The highest BCUT2D eigenvalue weighted by atomic mass is 79.9. The van der Waals surface area contributed by atoms with Gasteiger partial charge in [0.05, 0.1) is 12.6 Å². The van der Waals surface area contributed by atoms with Crippen molar-refractivity contribution in [2.24, 2.45) is 0 Å². The van der Waals surface area contributed by atoms with Crippen LogP contribution >= 0.6 is 15.9 Å². The van der Waals surface area contributed by atoms with E-state index in [0.29, 0.717) is 12.2 Å². The van der Waals surface area contributed by atoms with Gasteiger partial charge in [0.15, 0.2) is 0 Å². The number of carboxylic acid groups (broad SMARTS) is 1. The zero-order valence-electron chi connectivity index (χ0n) is 9.41. The SMILES string of the molecule is N#C[C@@H]1C[C@H](Oc2cccc(Br)c2)CN1C(=O)O. The summed E-state index contributed by atoms with van der Waals surface area (Å²) in [7, 11) is 0. The van der Waals surface area contributed by atoms with E-state index in [0.717, 1.165) is 9.37 Å². The van der Waals surface area contributed by atoms with Crippen molar-refractivity contribution in [3.8, 4) is 11.8 Å². The van der Waals surface area contributed by atoms with Gasteiger partial charge in [0.25, 0.3) is 0 Å². The molecule has 1 aliphatic heterocycles. The van der Waals surface area contributed by atoms with Crippen LogP contribution in [-0.4, -0.2) is 34.8 Å². The lowest BCUT2D eigenvalue weighted by Gasteiger charge is -2.15. The van der Waals surface area contributed by atoms with Gasteiger partial charge in [-0.05, 0) is 18.2 Å². The van der Waals surface area contributed by atoms with Gasteiger partial charge in [-0.1, -0.05) is 22.0 Å². The molecule has 0 saturated carbocycles. The standard InChI is InChI=1S/C12H11BrN2O3/c13-8-2-1-3-10(4-8)18-11-5-9(6-14)15(7-11)12(16)17/h1-4,9,11H,5,7H2,(H,16,17)/t9-,11-/m0/s1. The Kier molecular flexibility index (Phi) is 3.72. The normalized spacial score (nSPS) is 22.6.